The third kappa shape index (κ3) is 2.40. The van der Waals surface area contributed by atoms with Crippen LogP contribution >= 0.6 is 11.3 Å². The first-order valence-corrected chi connectivity index (χ1v) is 9.07. The highest BCUT2D eigenvalue weighted by atomic mass is 32.2. The van der Waals surface area contributed by atoms with E-state index in [1.807, 2.05) is 0 Å². The van der Waals surface area contributed by atoms with E-state index in [1.165, 1.54) is 43.3 Å². The van der Waals surface area contributed by atoms with Gasteiger partial charge in [0.1, 0.15) is 10.8 Å². The normalized spacial score (nSPS) is 32.2. The molecule has 2 bridgehead atoms. The van der Waals surface area contributed by atoms with Gasteiger partial charge in [-0.05, 0) is 31.1 Å². The van der Waals surface area contributed by atoms with Gasteiger partial charge in [0.05, 0.1) is 5.69 Å². The van der Waals surface area contributed by atoms with E-state index in [9.17, 15) is 8.42 Å². The van der Waals surface area contributed by atoms with Gasteiger partial charge in [0.25, 0.3) is 0 Å². The van der Waals surface area contributed by atoms with Gasteiger partial charge in [-0.25, -0.2) is 13.4 Å². The van der Waals surface area contributed by atoms with Crippen LogP contribution in [0.2, 0.25) is 0 Å². The first-order valence-electron chi connectivity index (χ1n) is 6.13. The molecule has 3 atom stereocenters. The van der Waals surface area contributed by atoms with Gasteiger partial charge in [-0.2, -0.15) is 0 Å². The molecule has 0 aliphatic heterocycles. The van der Waals surface area contributed by atoms with Crippen molar-refractivity contribution in [3.63, 3.8) is 0 Å². The van der Waals surface area contributed by atoms with Gasteiger partial charge in [0.15, 0.2) is 9.84 Å². The lowest BCUT2D eigenvalue weighted by Crippen LogP contribution is -2.09. The number of fused-ring (bicyclic) bond motifs is 2. The summed E-state index contributed by atoms with van der Waals surface area (Å²) in [5.41, 5.74) is 1.15. The third-order valence-corrected chi connectivity index (χ3v) is 5.92. The summed E-state index contributed by atoms with van der Waals surface area (Å²) in [5.74, 6) is 2.43. The lowest BCUT2D eigenvalue weighted by atomic mass is 9.87. The molecule has 0 N–H and O–H groups in total. The smallest absolute Gasteiger partial charge is 0.153 e. The zero-order valence-electron chi connectivity index (χ0n) is 9.93. The molecule has 2 aliphatic carbocycles. The highest BCUT2D eigenvalue weighted by molar-refractivity contribution is 7.90. The van der Waals surface area contributed by atoms with E-state index < -0.39 is 9.84 Å². The minimum absolute atomic E-state index is 0.0957. The van der Waals surface area contributed by atoms with Crippen molar-refractivity contribution in [3.05, 3.63) is 16.1 Å². The van der Waals surface area contributed by atoms with Gasteiger partial charge in [-0.15, -0.1) is 11.3 Å². The number of hydrogen-bond donors (Lipinski definition) is 0. The molecule has 0 unspecified atom stereocenters. The van der Waals surface area contributed by atoms with Crippen LogP contribution in [0.5, 0.6) is 0 Å². The van der Waals surface area contributed by atoms with E-state index >= 15 is 0 Å². The van der Waals surface area contributed by atoms with Crippen molar-refractivity contribution < 1.29 is 8.42 Å². The summed E-state index contributed by atoms with van der Waals surface area (Å²) in [6.07, 6.45) is 6.64. The predicted octanol–water partition coefficient (Wildman–Crippen LogP) is 2.59. The Kier molecular flexibility index (Phi) is 2.78. The summed E-state index contributed by atoms with van der Waals surface area (Å²) in [4.78, 5) is 4.54. The third-order valence-electron chi connectivity index (χ3n) is 4.07. The molecule has 0 saturated heterocycles. The van der Waals surface area contributed by atoms with Crippen molar-refractivity contribution in [3.8, 4) is 0 Å². The van der Waals surface area contributed by atoms with Crippen LogP contribution in [0.15, 0.2) is 5.38 Å². The molecule has 5 heteroatoms. The SMILES string of the molecule is CS(=O)(=O)Cc1nc([C@@H]2C[C@H]3CC[C@H]2C3)cs1. The van der Waals surface area contributed by atoms with Crippen LogP contribution in [0.4, 0.5) is 0 Å². The second-order valence-electron chi connectivity index (χ2n) is 5.52. The quantitative estimate of drug-likeness (QED) is 0.849. The fraction of sp³-hybridized carbons (Fsp3) is 0.750. The molecule has 1 aromatic heterocycles. The van der Waals surface area contributed by atoms with Crippen molar-refractivity contribution >= 4 is 21.2 Å². The minimum atomic E-state index is -2.95. The molecule has 2 fully saturated rings. The number of sulfone groups is 1. The number of aromatic nitrogens is 1. The van der Waals surface area contributed by atoms with Gasteiger partial charge in [0.2, 0.25) is 0 Å². The van der Waals surface area contributed by atoms with Crippen molar-refractivity contribution in [2.24, 2.45) is 11.8 Å². The van der Waals surface area contributed by atoms with Gasteiger partial charge in [0, 0.05) is 17.6 Å². The molecular weight excluding hydrogens is 254 g/mol. The monoisotopic (exact) mass is 271 g/mol. The van der Waals surface area contributed by atoms with E-state index in [1.54, 1.807) is 0 Å². The first kappa shape index (κ1) is 11.7. The molecule has 94 valence electrons. The zero-order chi connectivity index (χ0) is 12.0. The van der Waals surface area contributed by atoms with E-state index in [0.29, 0.717) is 5.92 Å². The largest absolute Gasteiger partial charge is 0.245 e. The lowest BCUT2D eigenvalue weighted by Gasteiger charge is -2.19. The molecule has 2 aliphatic rings. The molecule has 0 amide bonds. The predicted molar refractivity (Wildman–Crippen MR) is 68.9 cm³/mol. The Hall–Kier alpha value is -0.420. The van der Waals surface area contributed by atoms with Crippen molar-refractivity contribution in [2.75, 3.05) is 6.26 Å². The Morgan fingerprint density at radius 3 is 2.82 bits per heavy atom. The fourth-order valence-corrected chi connectivity index (χ4v) is 5.46. The average molecular weight is 271 g/mol. The topological polar surface area (TPSA) is 47.0 Å². The molecule has 0 aromatic carbocycles. The molecule has 0 radical (unpaired) electrons. The standard InChI is InChI=1S/C12H17NO2S2/c1-17(14,15)7-12-13-11(6-16-12)10-5-8-2-3-9(10)4-8/h6,8-10H,2-5,7H2,1H3/t8-,9-,10+/m0/s1. The van der Waals surface area contributed by atoms with Crippen LogP contribution in [0.3, 0.4) is 0 Å². The van der Waals surface area contributed by atoms with Crippen molar-refractivity contribution in [2.45, 2.75) is 37.4 Å². The maximum atomic E-state index is 11.2. The number of rotatable bonds is 3. The van der Waals surface area contributed by atoms with Crippen molar-refractivity contribution in [1.29, 1.82) is 0 Å². The second kappa shape index (κ2) is 4.05. The van der Waals surface area contributed by atoms with E-state index in [0.717, 1.165) is 22.5 Å². The van der Waals surface area contributed by atoms with Crippen LogP contribution in [-0.2, 0) is 15.6 Å². The first-order chi connectivity index (χ1) is 8.01. The van der Waals surface area contributed by atoms with Crippen molar-refractivity contribution in [1.82, 2.24) is 4.98 Å². The van der Waals surface area contributed by atoms with Gasteiger partial charge < -0.3 is 0 Å². The summed E-state index contributed by atoms with van der Waals surface area (Å²) in [6.45, 7) is 0. The number of thiazole rings is 1. The maximum Gasteiger partial charge on any atom is 0.153 e. The summed E-state index contributed by atoms with van der Waals surface area (Å²) >= 11 is 1.50. The van der Waals surface area contributed by atoms with Crippen LogP contribution < -0.4 is 0 Å². The van der Waals surface area contributed by atoms with Crippen LogP contribution in [0.1, 0.15) is 42.3 Å². The van der Waals surface area contributed by atoms with E-state index in [4.69, 9.17) is 0 Å². The Morgan fingerprint density at radius 1 is 1.41 bits per heavy atom. The zero-order valence-corrected chi connectivity index (χ0v) is 11.6. The lowest BCUT2D eigenvalue weighted by molar-refractivity contribution is 0.414. The highest BCUT2D eigenvalue weighted by Gasteiger charge is 2.41. The molecule has 17 heavy (non-hydrogen) atoms. The fourth-order valence-electron chi connectivity index (χ4n) is 3.39. The van der Waals surface area contributed by atoms with E-state index in [-0.39, 0.29) is 5.75 Å². The molecule has 3 rings (SSSR count). The molecule has 1 aromatic rings. The summed E-state index contributed by atoms with van der Waals surface area (Å²) < 4.78 is 22.5. The molecule has 2 saturated carbocycles. The molecular formula is C12H17NO2S2. The number of hydrogen-bond acceptors (Lipinski definition) is 4. The summed E-state index contributed by atoms with van der Waals surface area (Å²) in [6, 6.07) is 0. The summed E-state index contributed by atoms with van der Waals surface area (Å²) in [7, 11) is -2.95. The summed E-state index contributed by atoms with van der Waals surface area (Å²) in [5, 5.41) is 2.83. The van der Waals surface area contributed by atoms with E-state index in [2.05, 4.69) is 10.4 Å². The Morgan fingerprint density at radius 2 is 2.24 bits per heavy atom. The van der Waals surface area contributed by atoms with Gasteiger partial charge >= 0.3 is 0 Å². The van der Waals surface area contributed by atoms with Crippen LogP contribution in [0.25, 0.3) is 0 Å². The Labute approximate surface area is 106 Å². The maximum absolute atomic E-state index is 11.2. The highest BCUT2D eigenvalue weighted by Crippen LogP contribution is 2.52. The second-order valence-corrected chi connectivity index (χ2v) is 8.60. The molecule has 1 heterocycles. The molecule has 3 nitrogen and oxygen atoms in total. The Bertz CT molecular complexity index is 520. The van der Waals surface area contributed by atoms with Gasteiger partial charge in [-0.3, -0.25) is 0 Å². The van der Waals surface area contributed by atoms with Crippen LogP contribution in [-0.4, -0.2) is 19.7 Å². The minimum Gasteiger partial charge on any atom is -0.245 e. The molecule has 0 spiro atoms. The van der Waals surface area contributed by atoms with Crippen LogP contribution in [0, 0.1) is 11.8 Å². The Balaban J connectivity index is 1.77. The van der Waals surface area contributed by atoms with Gasteiger partial charge in [-0.1, -0.05) is 6.42 Å². The number of nitrogens with zero attached hydrogens (tertiary/aromatic N) is 1. The average Bonchev–Trinajstić information content (AvgIpc) is 2.87.